The van der Waals surface area contributed by atoms with Gasteiger partial charge in [-0.15, -0.1) is 0 Å². The van der Waals surface area contributed by atoms with E-state index in [2.05, 4.69) is 10.3 Å². The van der Waals surface area contributed by atoms with Crippen molar-refractivity contribution in [1.82, 2.24) is 8.96 Å². The molecule has 0 radical (unpaired) electrons. The third kappa shape index (κ3) is 3.21. The van der Waals surface area contributed by atoms with Crippen LogP contribution in [0.1, 0.15) is 15.9 Å². The van der Waals surface area contributed by atoms with E-state index in [0.717, 1.165) is 9.54 Å². The molecule has 6 nitrogen and oxygen atoms in total. The summed E-state index contributed by atoms with van der Waals surface area (Å²) in [6.45, 7) is 1.95. The SMILES string of the molecule is Cc1ccc(C(=O)Nc2ccc(S(=O)(=O)n3ccnc3)cc2)cc1. The van der Waals surface area contributed by atoms with Crippen LogP contribution in [0.2, 0.25) is 0 Å². The lowest BCUT2D eigenvalue weighted by molar-refractivity contribution is 0.102. The molecule has 7 heteroatoms. The van der Waals surface area contributed by atoms with Crippen molar-refractivity contribution in [1.29, 1.82) is 0 Å². The van der Waals surface area contributed by atoms with E-state index in [4.69, 9.17) is 0 Å². The Morgan fingerprint density at radius 1 is 1.04 bits per heavy atom. The Balaban J connectivity index is 1.78. The molecule has 0 aliphatic carbocycles. The fourth-order valence-corrected chi connectivity index (χ4v) is 3.25. The highest BCUT2D eigenvalue weighted by Gasteiger charge is 2.16. The number of hydrogen-bond acceptors (Lipinski definition) is 4. The van der Waals surface area contributed by atoms with Crippen molar-refractivity contribution in [3.05, 3.63) is 78.4 Å². The maximum Gasteiger partial charge on any atom is 0.268 e. The summed E-state index contributed by atoms with van der Waals surface area (Å²) in [6, 6.07) is 13.2. The molecule has 0 atom stereocenters. The van der Waals surface area contributed by atoms with Gasteiger partial charge in [0.2, 0.25) is 0 Å². The van der Waals surface area contributed by atoms with Gasteiger partial charge in [0.15, 0.2) is 0 Å². The minimum atomic E-state index is -3.66. The second kappa shape index (κ2) is 6.29. The van der Waals surface area contributed by atoms with Gasteiger partial charge in [-0.1, -0.05) is 17.7 Å². The Bertz CT molecular complexity index is 945. The van der Waals surface area contributed by atoms with Crippen molar-refractivity contribution >= 4 is 21.6 Å². The predicted octanol–water partition coefficient (Wildman–Crippen LogP) is 2.68. The molecular weight excluding hydrogens is 326 g/mol. The van der Waals surface area contributed by atoms with Crippen LogP contribution >= 0.6 is 0 Å². The number of imidazole rings is 1. The highest BCUT2D eigenvalue weighted by Crippen LogP contribution is 2.17. The first-order chi connectivity index (χ1) is 11.5. The van der Waals surface area contributed by atoms with Gasteiger partial charge in [0, 0.05) is 23.6 Å². The number of amides is 1. The molecule has 0 aliphatic rings. The molecule has 3 aromatic rings. The number of rotatable bonds is 4. The molecule has 0 aliphatic heterocycles. The van der Waals surface area contributed by atoms with E-state index in [1.54, 1.807) is 24.3 Å². The second-order valence-corrected chi connectivity index (χ2v) is 7.09. The van der Waals surface area contributed by atoms with Gasteiger partial charge in [-0.2, -0.15) is 0 Å². The molecule has 0 spiro atoms. The van der Waals surface area contributed by atoms with E-state index in [1.165, 1.54) is 30.9 Å². The molecule has 0 unspecified atom stereocenters. The van der Waals surface area contributed by atoms with Crippen molar-refractivity contribution in [2.45, 2.75) is 11.8 Å². The minimum Gasteiger partial charge on any atom is -0.322 e. The molecular formula is C17H15N3O3S. The average molecular weight is 341 g/mol. The summed E-state index contributed by atoms with van der Waals surface area (Å²) in [7, 11) is -3.66. The Hall–Kier alpha value is -2.93. The molecule has 1 amide bonds. The van der Waals surface area contributed by atoms with Gasteiger partial charge in [0.25, 0.3) is 15.9 Å². The third-order valence-corrected chi connectivity index (χ3v) is 5.12. The summed E-state index contributed by atoms with van der Waals surface area (Å²) in [5.41, 5.74) is 2.13. The lowest BCUT2D eigenvalue weighted by Gasteiger charge is -2.08. The van der Waals surface area contributed by atoms with Gasteiger partial charge in [0.1, 0.15) is 6.33 Å². The molecule has 2 aromatic carbocycles. The van der Waals surface area contributed by atoms with E-state index in [-0.39, 0.29) is 10.8 Å². The van der Waals surface area contributed by atoms with Gasteiger partial charge in [-0.05, 0) is 43.3 Å². The Morgan fingerprint density at radius 3 is 2.29 bits per heavy atom. The summed E-state index contributed by atoms with van der Waals surface area (Å²) >= 11 is 0. The molecule has 122 valence electrons. The van der Waals surface area contributed by atoms with Crippen molar-refractivity contribution < 1.29 is 13.2 Å². The van der Waals surface area contributed by atoms with Crippen molar-refractivity contribution in [2.75, 3.05) is 5.32 Å². The topological polar surface area (TPSA) is 81.1 Å². The second-order valence-electron chi connectivity index (χ2n) is 5.24. The molecule has 0 bridgehead atoms. The number of nitrogens with one attached hydrogen (secondary N) is 1. The zero-order chi connectivity index (χ0) is 17.2. The van der Waals surface area contributed by atoms with Gasteiger partial charge < -0.3 is 5.32 Å². The van der Waals surface area contributed by atoms with E-state index in [9.17, 15) is 13.2 Å². The van der Waals surface area contributed by atoms with Gasteiger partial charge in [-0.25, -0.2) is 17.4 Å². The largest absolute Gasteiger partial charge is 0.322 e. The number of hydrogen-bond donors (Lipinski definition) is 1. The minimum absolute atomic E-state index is 0.119. The number of aryl methyl sites for hydroxylation is 1. The summed E-state index contributed by atoms with van der Waals surface area (Å²) in [4.78, 5) is 16.0. The first kappa shape index (κ1) is 15.9. The van der Waals surface area contributed by atoms with Gasteiger partial charge in [-0.3, -0.25) is 4.79 Å². The third-order valence-electron chi connectivity index (χ3n) is 3.48. The summed E-state index contributed by atoms with van der Waals surface area (Å²) in [5, 5.41) is 2.74. The van der Waals surface area contributed by atoms with E-state index >= 15 is 0 Å². The number of carbonyl (C=O) groups is 1. The molecule has 0 saturated carbocycles. The van der Waals surface area contributed by atoms with E-state index in [1.807, 2.05) is 19.1 Å². The van der Waals surface area contributed by atoms with Crippen LogP contribution in [-0.4, -0.2) is 23.3 Å². The Morgan fingerprint density at radius 2 is 1.71 bits per heavy atom. The van der Waals surface area contributed by atoms with Crippen LogP contribution in [-0.2, 0) is 10.0 Å². The normalized spacial score (nSPS) is 11.2. The zero-order valence-corrected chi connectivity index (χ0v) is 13.7. The first-order valence-electron chi connectivity index (χ1n) is 7.18. The molecule has 1 aromatic heterocycles. The lowest BCUT2D eigenvalue weighted by Crippen LogP contribution is -2.13. The van der Waals surface area contributed by atoms with Crippen molar-refractivity contribution in [3.8, 4) is 0 Å². The number of aromatic nitrogens is 2. The molecule has 1 heterocycles. The van der Waals surface area contributed by atoms with Gasteiger partial charge >= 0.3 is 0 Å². The zero-order valence-electron chi connectivity index (χ0n) is 12.9. The highest BCUT2D eigenvalue weighted by molar-refractivity contribution is 7.90. The molecule has 0 fully saturated rings. The quantitative estimate of drug-likeness (QED) is 0.791. The summed E-state index contributed by atoms with van der Waals surface area (Å²) in [6.07, 6.45) is 3.98. The number of nitrogens with zero attached hydrogens (tertiary/aromatic N) is 2. The van der Waals surface area contributed by atoms with Crippen LogP contribution in [0.5, 0.6) is 0 Å². The highest BCUT2D eigenvalue weighted by atomic mass is 32.2. The average Bonchev–Trinajstić information content (AvgIpc) is 3.11. The number of anilines is 1. The van der Waals surface area contributed by atoms with Crippen LogP contribution in [0.25, 0.3) is 0 Å². The van der Waals surface area contributed by atoms with E-state index in [0.29, 0.717) is 11.3 Å². The van der Waals surface area contributed by atoms with Crippen LogP contribution in [0, 0.1) is 6.92 Å². The monoisotopic (exact) mass is 341 g/mol. The molecule has 24 heavy (non-hydrogen) atoms. The number of benzene rings is 2. The maximum absolute atomic E-state index is 12.3. The standard InChI is InChI=1S/C17H15N3O3S/c1-13-2-4-14(5-3-13)17(21)19-15-6-8-16(9-7-15)24(22,23)20-11-10-18-12-20/h2-12H,1H3,(H,19,21). The smallest absolute Gasteiger partial charge is 0.268 e. The van der Waals surface area contributed by atoms with Gasteiger partial charge in [0.05, 0.1) is 4.90 Å². The fraction of sp³-hybridized carbons (Fsp3) is 0.0588. The predicted molar refractivity (Wildman–Crippen MR) is 90.4 cm³/mol. The number of carbonyl (C=O) groups excluding carboxylic acids is 1. The van der Waals surface area contributed by atoms with E-state index < -0.39 is 10.0 Å². The van der Waals surface area contributed by atoms with Crippen molar-refractivity contribution in [2.24, 2.45) is 0 Å². The van der Waals surface area contributed by atoms with Crippen LogP contribution in [0.3, 0.4) is 0 Å². The molecule has 0 saturated heterocycles. The Kier molecular flexibility index (Phi) is 4.18. The first-order valence-corrected chi connectivity index (χ1v) is 8.62. The summed E-state index contributed by atoms with van der Waals surface area (Å²) < 4.78 is 25.7. The Labute approximate surface area is 139 Å². The van der Waals surface area contributed by atoms with Crippen LogP contribution in [0.4, 0.5) is 5.69 Å². The maximum atomic E-state index is 12.3. The van der Waals surface area contributed by atoms with Crippen molar-refractivity contribution in [3.63, 3.8) is 0 Å². The van der Waals surface area contributed by atoms with Crippen LogP contribution < -0.4 is 5.32 Å². The summed E-state index contributed by atoms with van der Waals surface area (Å²) in [5.74, 6) is -0.250. The molecule has 3 rings (SSSR count). The fourth-order valence-electron chi connectivity index (χ4n) is 2.13. The lowest BCUT2D eigenvalue weighted by atomic mass is 10.1. The van der Waals surface area contributed by atoms with Crippen LogP contribution in [0.15, 0.2) is 72.1 Å². The molecule has 1 N–H and O–H groups in total.